The monoisotopic (exact) mass is 394 g/mol. The summed E-state index contributed by atoms with van der Waals surface area (Å²) in [6, 6.07) is 15.1. The third-order valence-electron chi connectivity index (χ3n) is 4.60. The first kappa shape index (κ1) is 18.9. The molecule has 2 heterocycles. The molecule has 1 aliphatic rings. The van der Waals surface area contributed by atoms with E-state index in [1.54, 1.807) is 6.07 Å². The van der Waals surface area contributed by atoms with Gasteiger partial charge in [0.1, 0.15) is 11.4 Å². The van der Waals surface area contributed by atoms with E-state index in [2.05, 4.69) is 24.3 Å². The number of amides is 1. The summed E-state index contributed by atoms with van der Waals surface area (Å²) in [5, 5.41) is 6.77. The third kappa shape index (κ3) is 4.51. The number of fused-ring (bicyclic) bond motifs is 1. The van der Waals surface area contributed by atoms with Crippen LogP contribution in [0.1, 0.15) is 31.0 Å². The maximum Gasteiger partial charge on any atom is 0.258 e. The van der Waals surface area contributed by atoms with Crippen molar-refractivity contribution in [2.45, 2.75) is 26.3 Å². The molecule has 0 saturated carbocycles. The molecule has 0 aliphatic carbocycles. The smallest absolute Gasteiger partial charge is 0.258 e. The van der Waals surface area contributed by atoms with Crippen LogP contribution in [0.5, 0.6) is 17.2 Å². The Morgan fingerprint density at radius 3 is 2.69 bits per heavy atom. The molecular weight excluding hydrogens is 372 g/mol. The van der Waals surface area contributed by atoms with Crippen LogP contribution in [0.15, 0.2) is 53.1 Å². The average molecular weight is 394 g/mol. The molecule has 4 rings (SSSR count). The zero-order valence-corrected chi connectivity index (χ0v) is 16.3. The summed E-state index contributed by atoms with van der Waals surface area (Å²) in [4.78, 5) is 12.0. The highest BCUT2D eigenvalue weighted by atomic mass is 16.7. The Morgan fingerprint density at radius 1 is 1.10 bits per heavy atom. The molecule has 0 saturated heterocycles. The first-order valence-electron chi connectivity index (χ1n) is 9.43. The second kappa shape index (κ2) is 8.26. The fourth-order valence-corrected chi connectivity index (χ4v) is 2.92. The number of carbonyl (C=O) groups excluding carboxylic acids is 1. The topological polar surface area (TPSA) is 82.8 Å². The van der Waals surface area contributed by atoms with Gasteiger partial charge in [-0.2, -0.15) is 0 Å². The summed E-state index contributed by atoms with van der Waals surface area (Å²) in [6.07, 6.45) is 0. The van der Waals surface area contributed by atoms with Gasteiger partial charge in [-0.05, 0) is 41.8 Å². The van der Waals surface area contributed by atoms with E-state index in [0.29, 0.717) is 34.6 Å². The number of ether oxygens (including phenoxy) is 3. The van der Waals surface area contributed by atoms with Gasteiger partial charge in [0, 0.05) is 11.6 Å². The van der Waals surface area contributed by atoms with Crippen LogP contribution in [0.4, 0.5) is 0 Å². The van der Waals surface area contributed by atoms with Crippen molar-refractivity contribution in [1.29, 1.82) is 0 Å². The van der Waals surface area contributed by atoms with Gasteiger partial charge in [-0.1, -0.05) is 31.1 Å². The van der Waals surface area contributed by atoms with Crippen molar-refractivity contribution in [2.24, 2.45) is 0 Å². The first-order chi connectivity index (χ1) is 14.1. The molecule has 0 unspecified atom stereocenters. The Kier molecular flexibility index (Phi) is 5.37. The van der Waals surface area contributed by atoms with Crippen LogP contribution in [-0.4, -0.2) is 24.5 Å². The van der Waals surface area contributed by atoms with Gasteiger partial charge in [-0.25, -0.2) is 0 Å². The van der Waals surface area contributed by atoms with Crippen molar-refractivity contribution < 1.29 is 23.5 Å². The van der Waals surface area contributed by atoms with Gasteiger partial charge in [0.25, 0.3) is 5.91 Å². The SMILES string of the molecule is CC(C)c1ccc(OCC(=O)NCc2cc(-c3ccc4c(c3)OCO4)on2)cc1. The third-order valence-corrected chi connectivity index (χ3v) is 4.60. The van der Waals surface area contributed by atoms with Crippen LogP contribution < -0.4 is 19.5 Å². The Bertz CT molecular complexity index is 995. The Morgan fingerprint density at radius 2 is 1.90 bits per heavy atom. The van der Waals surface area contributed by atoms with Crippen LogP contribution in [0.3, 0.4) is 0 Å². The lowest BCUT2D eigenvalue weighted by Crippen LogP contribution is -2.28. The van der Waals surface area contributed by atoms with Crippen molar-refractivity contribution in [3.8, 4) is 28.6 Å². The molecule has 150 valence electrons. The van der Waals surface area contributed by atoms with Gasteiger partial charge in [0.05, 0.1) is 6.54 Å². The summed E-state index contributed by atoms with van der Waals surface area (Å²) in [6.45, 7) is 4.67. The van der Waals surface area contributed by atoms with Gasteiger partial charge in [-0.15, -0.1) is 0 Å². The van der Waals surface area contributed by atoms with Crippen molar-refractivity contribution >= 4 is 5.91 Å². The molecule has 0 radical (unpaired) electrons. The minimum atomic E-state index is -0.231. The number of carbonyl (C=O) groups is 1. The summed E-state index contributed by atoms with van der Waals surface area (Å²) in [5.74, 6) is 2.86. The molecule has 3 aromatic rings. The summed E-state index contributed by atoms with van der Waals surface area (Å²) >= 11 is 0. The molecule has 1 N–H and O–H groups in total. The van der Waals surface area contributed by atoms with Crippen LogP contribution in [0.2, 0.25) is 0 Å². The van der Waals surface area contributed by atoms with E-state index in [1.165, 1.54) is 5.56 Å². The molecule has 1 aliphatic heterocycles. The molecule has 2 aromatic carbocycles. The number of nitrogens with one attached hydrogen (secondary N) is 1. The molecule has 0 spiro atoms. The van der Waals surface area contributed by atoms with E-state index in [-0.39, 0.29) is 25.9 Å². The van der Waals surface area contributed by atoms with Crippen LogP contribution in [0.25, 0.3) is 11.3 Å². The number of hydrogen-bond acceptors (Lipinski definition) is 6. The summed E-state index contributed by atoms with van der Waals surface area (Å²) in [7, 11) is 0. The minimum Gasteiger partial charge on any atom is -0.484 e. The van der Waals surface area contributed by atoms with E-state index < -0.39 is 0 Å². The van der Waals surface area contributed by atoms with Crippen molar-refractivity contribution in [3.05, 3.63) is 59.8 Å². The normalized spacial score (nSPS) is 12.2. The molecule has 29 heavy (non-hydrogen) atoms. The summed E-state index contributed by atoms with van der Waals surface area (Å²) < 4.78 is 21.6. The zero-order valence-electron chi connectivity index (χ0n) is 16.3. The first-order valence-corrected chi connectivity index (χ1v) is 9.43. The maximum absolute atomic E-state index is 12.0. The molecule has 7 heteroatoms. The maximum atomic E-state index is 12.0. The highest BCUT2D eigenvalue weighted by Crippen LogP contribution is 2.36. The molecule has 0 atom stereocenters. The lowest BCUT2D eigenvalue weighted by molar-refractivity contribution is -0.123. The number of nitrogens with zero attached hydrogens (tertiary/aromatic N) is 1. The van der Waals surface area contributed by atoms with Gasteiger partial charge < -0.3 is 24.1 Å². The molecule has 1 amide bonds. The molecule has 7 nitrogen and oxygen atoms in total. The zero-order chi connectivity index (χ0) is 20.2. The minimum absolute atomic E-state index is 0.0616. The second-order valence-corrected chi connectivity index (χ2v) is 7.04. The lowest BCUT2D eigenvalue weighted by atomic mass is 10.0. The second-order valence-electron chi connectivity index (χ2n) is 7.04. The molecule has 0 bridgehead atoms. The lowest BCUT2D eigenvalue weighted by Gasteiger charge is -2.09. The Labute approximate surface area is 168 Å². The average Bonchev–Trinajstić information content (AvgIpc) is 3.39. The standard InChI is InChI=1S/C22H22N2O5/c1-14(2)15-3-6-18(7-4-15)26-12-22(25)23-11-17-10-20(29-24-17)16-5-8-19-21(9-16)28-13-27-19/h3-10,14H,11-13H2,1-2H3,(H,23,25). The fraction of sp³-hybridized carbons (Fsp3) is 0.273. The van der Waals surface area contributed by atoms with Crippen LogP contribution in [0, 0.1) is 0 Å². The van der Waals surface area contributed by atoms with Gasteiger partial charge >= 0.3 is 0 Å². The molecule has 0 fully saturated rings. The van der Waals surface area contributed by atoms with Crippen LogP contribution >= 0.6 is 0 Å². The molecular formula is C22H22N2O5. The predicted molar refractivity (Wildman–Crippen MR) is 106 cm³/mol. The van der Waals surface area contributed by atoms with E-state index >= 15 is 0 Å². The summed E-state index contributed by atoms with van der Waals surface area (Å²) in [5.41, 5.74) is 2.67. The van der Waals surface area contributed by atoms with Crippen molar-refractivity contribution in [3.63, 3.8) is 0 Å². The van der Waals surface area contributed by atoms with E-state index in [1.807, 2.05) is 42.5 Å². The van der Waals surface area contributed by atoms with Gasteiger partial charge in [0.15, 0.2) is 23.9 Å². The number of hydrogen-bond donors (Lipinski definition) is 1. The molecule has 1 aromatic heterocycles. The fourth-order valence-electron chi connectivity index (χ4n) is 2.92. The predicted octanol–water partition coefficient (Wildman–Crippen LogP) is 3.89. The van der Waals surface area contributed by atoms with E-state index in [4.69, 9.17) is 18.7 Å². The Balaban J connectivity index is 1.27. The Hall–Kier alpha value is -3.48. The highest BCUT2D eigenvalue weighted by Gasteiger charge is 2.16. The van der Waals surface area contributed by atoms with Crippen molar-refractivity contribution in [2.75, 3.05) is 13.4 Å². The number of rotatable bonds is 7. The van der Waals surface area contributed by atoms with Crippen LogP contribution in [-0.2, 0) is 11.3 Å². The van der Waals surface area contributed by atoms with Gasteiger partial charge in [0.2, 0.25) is 6.79 Å². The van der Waals surface area contributed by atoms with E-state index in [0.717, 1.165) is 5.56 Å². The van der Waals surface area contributed by atoms with Crippen molar-refractivity contribution in [1.82, 2.24) is 10.5 Å². The number of aromatic nitrogens is 1. The van der Waals surface area contributed by atoms with Gasteiger partial charge in [-0.3, -0.25) is 4.79 Å². The highest BCUT2D eigenvalue weighted by molar-refractivity contribution is 5.77. The largest absolute Gasteiger partial charge is 0.484 e. The number of benzene rings is 2. The quantitative estimate of drug-likeness (QED) is 0.655. The van der Waals surface area contributed by atoms with E-state index in [9.17, 15) is 4.79 Å².